The first kappa shape index (κ1) is 21.7. The van der Waals surface area contributed by atoms with Crippen LogP contribution in [-0.2, 0) is 11.2 Å². The zero-order chi connectivity index (χ0) is 22.9. The molecule has 1 aliphatic rings. The molecular weight excluding hydrogens is 454 g/mol. The van der Waals surface area contributed by atoms with E-state index in [4.69, 9.17) is 11.6 Å². The van der Waals surface area contributed by atoms with Crippen LogP contribution in [0.3, 0.4) is 0 Å². The van der Waals surface area contributed by atoms with Crippen LogP contribution in [0.15, 0.2) is 78.2 Å². The van der Waals surface area contributed by atoms with Crippen LogP contribution in [0.5, 0.6) is 0 Å². The van der Waals surface area contributed by atoms with Crippen LogP contribution in [0.1, 0.15) is 19.4 Å². The molecule has 0 saturated heterocycles. The Morgan fingerprint density at radius 3 is 2.55 bits per heavy atom. The fourth-order valence-electron chi connectivity index (χ4n) is 4.16. The van der Waals surface area contributed by atoms with E-state index in [0.29, 0.717) is 16.0 Å². The van der Waals surface area contributed by atoms with Crippen molar-refractivity contribution in [2.75, 3.05) is 4.90 Å². The summed E-state index contributed by atoms with van der Waals surface area (Å²) in [6.45, 7) is 4.01. The van der Waals surface area contributed by atoms with Crippen molar-refractivity contribution in [1.29, 1.82) is 0 Å². The van der Waals surface area contributed by atoms with Gasteiger partial charge in [0.1, 0.15) is 0 Å². The first-order valence-electron chi connectivity index (χ1n) is 10.7. The molecule has 0 fully saturated rings. The number of para-hydroxylation sites is 1. The molecule has 1 aliphatic heterocycles. The van der Waals surface area contributed by atoms with Crippen LogP contribution in [-0.4, -0.2) is 36.9 Å². The lowest BCUT2D eigenvalue weighted by atomic mass is 10.1. The van der Waals surface area contributed by atoms with Crippen molar-refractivity contribution in [1.82, 2.24) is 19.7 Å². The highest BCUT2D eigenvalue weighted by Crippen LogP contribution is 2.36. The lowest BCUT2D eigenvalue weighted by Gasteiger charge is -2.25. The number of hydrogen-bond acceptors (Lipinski definition) is 5. The molecular formula is C25H22ClN5OS. The Morgan fingerprint density at radius 2 is 1.79 bits per heavy atom. The summed E-state index contributed by atoms with van der Waals surface area (Å²) in [6, 6.07) is 19.5. The molecule has 2 aromatic carbocycles. The Morgan fingerprint density at radius 1 is 1.06 bits per heavy atom. The third-order valence-corrected chi connectivity index (χ3v) is 7.01. The first-order valence-corrected chi connectivity index (χ1v) is 12.0. The standard InChI is InChI=1S/C25H22ClN5OS/c1-16-15-19-5-3-4-6-22(19)30(16)24(32)17(2)33-25-29-28-23(18-11-13-27-14-12-18)31(25)21-9-7-20(26)8-10-21/h3-14,16-17H,15H2,1-2H3/t16-,17+/m1/s1. The third kappa shape index (κ3) is 4.14. The Balaban J connectivity index is 1.49. The number of carbonyl (C=O) groups excluding carboxylic acids is 1. The van der Waals surface area contributed by atoms with Gasteiger partial charge in [-0.3, -0.25) is 14.3 Å². The number of nitrogens with zero attached hydrogens (tertiary/aromatic N) is 5. The average molecular weight is 476 g/mol. The van der Waals surface area contributed by atoms with Gasteiger partial charge in [0.05, 0.1) is 5.25 Å². The molecule has 166 valence electrons. The Bertz CT molecular complexity index is 1290. The highest BCUT2D eigenvalue weighted by Gasteiger charge is 2.34. The van der Waals surface area contributed by atoms with Gasteiger partial charge in [-0.2, -0.15) is 0 Å². The maximum atomic E-state index is 13.5. The fraction of sp³-hybridized carbons (Fsp3) is 0.200. The van der Waals surface area contributed by atoms with E-state index in [-0.39, 0.29) is 17.2 Å². The van der Waals surface area contributed by atoms with Crippen LogP contribution in [0, 0.1) is 0 Å². The molecule has 4 aromatic rings. The van der Waals surface area contributed by atoms with Gasteiger partial charge in [0.15, 0.2) is 11.0 Å². The van der Waals surface area contributed by atoms with Crippen molar-refractivity contribution in [3.8, 4) is 17.1 Å². The van der Waals surface area contributed by atoms with Crippen molar-refractivity contribution in [2.24, 2.45) is 0 Å². The molecule has 1 amide bonds. The summed E-state index contributed by atoms with van der Waals surface area (Å²) in [7, 11) is 0. The van der Waals surface area contributed by atoms with E-state index < -0.39 is 0 Å². The van der Waals surface area contributed by atoms with E-state index in [1.807, 2.05) is 71.0 Å². The molecule has 5 rings (SSSR count). The third-order valence-electron chi connectivity index (χ3n) is 5.73. The lowest BCUT2D eigenvalue weighted by Crippen LogP contribution is -2.40. The number of thioether (sulfide) groups is 1. The average Bonchev–Trinajstić information content (AvgIpc) is 3.40. The van der Waals surface area contributed by atoms with Gasteiger partial charge in [-0.15, -0.1) is 10.2 Å². The minimum atomic E-state index is -0.348. The molecule has 0 unspecified atom stereocenters. The second kappa shape index (κ2) is 9.00. The van der Waals surface area contributed by atoms with Crippen LogP contribution in [0.25, 0.3) is 17.1 Å². The van der Waals surface area contributed by atoms with E-state index in [0.717, 1.165) is 23.4 Å². The van der Waals surface area contributed by atoms with Gasteiger partial charge >= 0.3 is 0 Å². The number of anilines is 1. The van der Waals surface area contributed by atoms with Gasteiger partial charge < -0.3 is 4.90 Å². The topological polar surface area (TPSA) is 63.9 Å². The minimum Gasteiger partial charge on any atom is -0.308 e. The summed E-state index contributed by atoms with van der Waals surface area (Å²) in [5, 5.41) is 9.85. The van der Waals surface area contributed by atoms with E-state index in [1.165, 1.54) is 17.3 Å². The number of rotatable bonds is 5. The maximum Gasteiger partial charge on any atom is 0.240 e. The molecule has 0 aliphatic carbocycles. The van der Waals surface area contributed by atoms with Crippen molar-refractivity contribution < 1.29 is 4.79 Å². The molecule has 33 heavy (non-hydrogen) atoms. The summed E-state index contributed by atoms with van der Waals surface area (Å²) < 4.78 is 1.96. The molecule has 0 saturated carbocycles. The molecule has 0 N–H and O–H groups in total. The summed E-state index contributed by atoms with van der Waals surface area (Å²) in [6.07, 6.45) is 4.31. The SMILES string of the molecule is C[C@H](Sc1nnc(-c2ccncc2)n1-c1ccc(Cl)cc1)C(=O)N1c2ccccc2C[C@H]1C. The first-order chi connectivity index (χ1) is 16.0. The van der Waals surface area contributed by atoms with Gasteiger partial charge in [0.25, 0.3) is 0 Å². The molecule has 3 heterocycles. The molecule has 0 bridgehead atoms. The van der Waals surface area contributed by atoms with Crippen molar-refractivity contribution in [3.05, 3.63) is 83.6 Å². The molecule has 0 spiro atoms. The van der Waals surface area contributed by atoms with Gasteiger partial charge in [-0.25, -0.2) is 0 Å². The van der Waals surface area contributed by atoms with E-state index in [1.54, 1.807) is 12.4 Å². The molecule has 8 heteroatoms. The molecule has 2 atom stereocenters. The predicted molar refractivity (Wildman–Crippen MR) is 132 cm³/mol. The summed E-state index contributed by atoms with van der Waals surface area (Å²) in [5.41, 5.74) is 3.97. The number of aromatic nitrogens is 4. The summed E-state index contributed by atoms with van der Waals surface area (Å²) >= 11 is 7.52. The Labute approximate surface area is 201 Å². The van der Waals surface area contributed by atoms with Crippen LogP contribution in [0.2, 0.25) is 5.02 Å². The number of hydrogen-bond donors (Lipinski definition) is 0. The normalized spacial score (nSPS) is 16.0. The summed E-state index contributed by atoms with van der Waals surface area (Å²) in [4.78, 5) is 19.5. The zero-order valence-electron chi connectivity index (χ0n) is 18.2. The number of carbonyl (C=O) groups is 1. The smallest absolute Gasteiger partial charge is 0.240 e. The van der Waals surface area contributed by atoms with Crippen LogP contribution >= 0.6 is 23.4 Å². The van der Waals surface area contributed by atoms with E-state index in [9.17, 15) is 4.79 Å². The number of pyridine rings is 1. The van der Waals surface area contributed by atoms with E-state index in [2.05, 4.69) is 28.2 Å². The monoisotopic (exact) mass is 475 g/mol. The van der Waals surface area contributed by atoms with Crippen LogP contribution < -0.4 is 4.90 Å². The number of amides is 1. The van der Waals surface area contributed by atoms with Gasteiger partial charge in [-0.05, 0) is 68.3 Å². The molecule has 0 radical (unpaired) electrons. The van der Waals surface area contributed by atoms with Crippen molar-refractivity contribution in [3.63, 3.8) is 0 Å². The minimum absolute atomic E-state index is 0.0635. The highest BCUT2D eigenvalue weighted by molar-refractivity contribution is 8.00. The lowest BCUT2D eigenvalue weighted by molar-refractivity contribution is -0.118. The molecule has 2 aromatic heterocycles. The number of halogens is 1. The highest BCUT2D eigenvalue weighted by atomic mass is 35.5. The van der Waals surface area contributed by atoms with Gasteiger partial charge in [-0.1, -0.05) is 41.6 Å². The number of fused-ring (bicyclic) bond motifs is 1. The van der Waals surface area contributed by atoms with Crippen molar-refractivity contribution >= 4 is 35.0 Å². The van der Waals surface area contributed by atoms with Gasteiger partial charge in [0, 0.05) is 40.4 Å². The quantitative estimate of drug-likeness (QED) is 0.359. The largest absolute Gasteiger partial charge is 0.308 e. The van der Waals surface area contributed by atoms with Crippen LogP contribution in [0.4, 0.5) is 5.69 Å². The van der Waals surface area contributed by atoms with Gasteiger partial charge in [0.2, 0.25) is 5.91 Å². The second-order valence-electron chi connectivity index (χ2n) is 8.00. The number of benzene rings is 2. The molecule has 6 nitrogen and oxygen atoms in total. The Hall–Kier alpha value is -3.16. The summed E-state index contributed by atoms with van der Waals surface area (Å²) in [5.74, 6) is 0.746. The fourth-order valence-corrected chi connectivity index (χ4v) is 5.20. The second-order valence-corrected chi connectivity index (χ2v) is 9.75. The zero-order valence-corrected chi connectivity index (χ0v) is 19.8. The predicted octanol–water partition coefficient (Wildman–Crippen LogP) is 5.44. The van der Waals surface area contributed by atoms with Crippen molar-refractivity contribution in [2.45, 2.75) is 36.7 Å². The Kier molecular flexibility index (Phi) is 5.91. The maximum absolute atomic E-state index is 13.5. The van der Waals surface area contributed by atoms with E-state index >= 15 is 0 Å².